The van der Waals surface area contributed by atoms with E-state index in [0.717, 1.165) is 11.7 Å². The molecule has 2 nitrogen and oxygen atoms in total. The molecule has 0 aliphatic carbocycles. The Balaban J connectivity index is 2.06. The van der Waals surface area contributed by atoms with Crippen molar-refractivity contribution in [2.75, 3.05) is 46.0 Å². The summed E-state index contributed by atoms with van der Waals surface area (Å²) in [5.74, 6) is 1.96. The van der Waals surface area contributed by atoms with Crippen LogP contribution in [0.4, 0.5) is 0 Å². The van der Waals surface area contributed by atoms with E-state index in [1.165, 1.54) is 51.9 Å². The van der Waals surface area contributed by atoms with Gasteiger partial charge in [-0.05, 0) is 71.1 Å². The normalized spacial score (nSPS) is 20.0. The van der Waals surface area contributed by atoms with Crippen LogP contribution in [0, 0.1) is 5.92 Å². The lowest BCUT2D eigenvalue weighted by atomic mass is 9.96. The average molecular weight is 230 g/mol. The van der Waals surface area contributed by atoms with E-state index >= 15 is 0 Å². The summed E-state index contributed by atoms with van der Waals surface area (Å²) in [5, 5.41) is 0. The summed E-state index contributed by atoms with van der Waals surface area (Å²) in [7, 11) is 4.49. The van der Waals surface area contributed by atoms with Crippen LogP contribution in [0.1, 0.15) is 25.7 Å². The first kappa shape index (κ1) is 13.3. The second kappa shape index (κ2) is 7.53. The smallest absolute Gasteiger partial charge is 0.000756 e. The van der Waals surface area contributed by atoms with Gasteiger partial charge < -0.3 is 9.80 Å². The van der Waals surface area contributed by atoms with Gasteiger partial charge in [-0.1, -0.05) is 0 Å². The Morgan fingerprint density at radius 1 is 1.27 bits per heavy atom. The lowest BCUT2D eigenvalue weighted by molar-refractivity contribution is 0.175. The number of hydrogen-bond acceptors (Lipinski definition) is 3. The number of rotatable bonds is 6. The number of hydrogen-bond donors (Lipinski definition) is 1. The van der Waals surface area contributed by atoms with Gasteiger partial charge in [0.25, 0.3) is 0 Å². The van der Waals surface area contributed by atoms with Crippen LogP contribution in [-0.4, -0.2) is 55.8 Å². The summed E-state index contributed by atoms with van der Waals surface area (Å²) in [6.07, 6.45) is 5.31. The first-order valence-corrected chi connectivity index (χ1v) is 6.83. The molecule has 1 saturated heterocycles. The van der Waals surface area contributed by atoms with Crippen LogP contribution in [0.25, 0.3) is 0 Å². The minimum Gasteiger partial charge on any atom is -0.306 e. The molecular weight excluding hydrogens is 204 g/mol. The molecule has 90 valence electrons. The van der Waals surface area contributed by atoms with Gasteiger partial charge in [0, 0.05) is 6.54 Å². The second-order valence-electron chi connectivity index (χ2n) is 4.94. The molecule has 0 aromatic rings. The van der Waals surface area contributed by atoms with Crippen molar-refractivity contribution in [1.29, 1.82) is 0 Å². The van der Waals surface area contributed by atoms with Crippen LogP contribution < -0.4 is 0 Å². The topological polar surface area (TPSA) is 6.48 Å². The number of unbranched alkanes of at least 4 members (excludes halogenated alkanes) is 1. The minimum absolute atomic E-state index is 0.933. The maximum atomic E-state index is 4.24. The molecule has 0 atom stereocenters. The van der Waals surface area contributed by atoms with E-state index in [1.54, 1.807) is 0 Å². The average Bonchev–Trinajstić information content (AvgIpc) is 2.22. The molecular formula is C12H26N2S. The third kappa shape index (κ3) is 5.79. The quantitative estimate of drug-likeness (QED) is 0.550. The van der Waals surface area contributed by atoms with Gasteiger partial charge in [0.05, 0.1) is 0 Å². The molecule has 3 heteroatoms. The fourth-order valence-corrected chi connectivity index (χ4v) is 2.49. The monoisotopic (exact) mass is 230 g/mol. The van der Waals surface area contributed by atoms with Crippen molar-refractivity contribution >= 4 is 12.6 Å². The molecule has 0 aromatic carbocycles. The zero-order valence-corrected chi connectivity index (χ0v) is 11.2. The van der Waals surface area contributed by atoms with Gasteiger partial charge in [0.15, 0.2) is 0 Å². The molecule has 0 amide bonds. The van der Waals surface area contributed by atoms with Crippen molar-refractivity contribution < 1.29 is 0 Å². The van der Waals surface area contributed by atoms with Crippen LogP contribution in [0.2, 0.25) is 0 Å². The molecule has 0 N–H and O–H groups in total. The molecule has 0 aromatic heterocycles. The van der Waals surface area contributed by atoms with Gasteiger partial charge in [-0.2, -0.15) is 12.6 Å². The molecule has 1 rings (SSSR count). The van der Waals surface area contributed by atoms with Crippen LogP contribution in [0.5, 0.6) is 0 Å². The molecule has 1 heterocycles. The molecule has 0 unspecified atom stereocenters. The summed E-state index contributed by atoms with van der Waals surface area (Å²) < 4.78 is 0. The van der Waals surface area contributed by atoms with E-state index in [-0.39, 0.29) is 0 Å². The number of piperidine rings is 1. The maximum absolute atomic E-state index is 4.24. The lowest BCUT2D eigenvalue weighted by Gasteiger charge is -2.31. The third-order valence-corrected chi connectivity index (χ3v) is 3.67. The summed E-state index contributed by atoms with van der Waals surface area (Å²) in [5.41, 5.74) is 0. The van der Waals surface area contributed by atoms with Crippen molar-refractivity contribution in [3.8, 4) is 0 Å². The highest BCUT2D eigenvalue weighted by Gasteiger charge is 2.17. The van der Waals surface area contributed by atoms with E-state index in [0.29, 0.717) is 0 Å². The van der Waals surface area contributed by atoms with E-state index in [9.17, 15) is 0 Å². The van der Waals surface area contributed by atoms with E-state index in [4.69, 9.17) is 0 Å². The number of thiol groups is 1. The van der Waals surface area contributed by atoms with Gasteiger partial charge in [0.1, 0.15) is 0 Å². The Kier molecular flexibility index (Phi) is 6.69. The molecule has 0 spiro atoms. The van der Waals surface area contributed by atoms with Gasteiger partial charge >= 0.3 is 0 Å². The van der Waals surface area contributed by atoms with Gasteiger partial charge in [0.2, 0.25) is 0 Å². The summed E-state index contributed by atoms with van der Waals surface area (Å²) in [6.45, 7) is 5.11. The van der Waals surface area contributed by atoms with Crippen molar-refractivity contribution in [2.45, 2.75) is 25.7 Å². The highest BCUT2D eigenvalue weighted by atomic mass is 32.1. The largest absolute Gasteiger partial charge is 0.306 e. The molecule has 1 aliphatic rings. The summed E-state index contributed by atoms with van der Waals surface area (Å²) in [4.78, 5) is 4.94. The van der Waals surface area contributed by atoms with Gasteiger partial charge in [-0.25, -0.2) is 0 Å². The molecule has 0 saturated carbocycles. The van der Waals surface area contributed by atoms with Crippen LogP contribution in [0.3, 0.4) is 0 Å². The Labute approximate surface area is 100 Å². The summed E-state index contributed by atoms with van der Waals surface area (Å²) in [6, 6.07) is 0. The molecule has 0 bridgehead atoms. The SMILES string of the molecule is CN1CCC(CN(C)CCCCS)CC1. The van der Waals surface area contributed by atoms with E-state index in [1.807, 2.05) is 0 Å². The predicted octanol–water partition coefficient (Wildman–Crippen LogP) is 1.97. The van der Waals surface area contributed by atoms with Gasteiger partial charge in [-0.15, -0.1) is 0 Å². The van der Waals surface area contributed by atoms with Crippen LogP contribution in [-0.2, 0) is 0 Å². The maximum Gasteiger partial charge on any atom is 0.000756 e. The second-order valence-corrected chi connectivity index (χ2v) is 5.39. The predicted molar refractivity (Wildman–Crippen MR) is 70.8 cm³/mol. The van der Waals surface area contributed by atoms with E-state index < -0.39 is 0 Å². The first-order chi connectivity index (χ1) is 7.22. The Morgan fingerprint density at radius 2 is 1.93 bits per heavy atom. The number of nitrogens with zero attached hydrogens (tertiary/aromatic N) is 2. The third-order valence-electron chi connectivity index (χ3n) is 3.36. The zero-order valence-electron chi connectivity index (χ0n) is 10.3. The van der Waals surface area contributed by atoms with Crippen molar-refractivity contribution in [3.63, 3.8) is 0 Å². The molecule has 0 radical (unpaired) electrons. The van der Waals surface area contributed by atoms with Gasteiger partial charge in [-0.3, -0.25) is 0 Å². The lowest BCUT2D eigenvalue weighted by Crippen LogP contribution is -2.36. The highest BCUT2D eigenvalue weighted by molar-refractivity contribution is 7.80. The number of likely N-dealkylation sites (tertiary alicyclic amines) is 1. The molecule has 1 aliphatic heterocycles. The first-order valence-electron chi connectivity index (χ1n) is 6.20. The van der Waals surface area contributed by atoms with Crippen molar-refractivity contribution in [2.24, 2.45) is 5.92 Å². The van der Waals surface area contributed by atoms with Crippen LogP contribution >= 0.6 is 12.6 Å². The van der Waals surface area contributed by atoms with Crippen molar-refractivity contribution in [1.82, 2.24) is 9.80 Å². The fraction of sp³-hybridized carbons (Fsp3) is 1.00. The molecule has 15 heavy (non-hydrogen) atoms. The Bertz CT molecular complexity index is 156. The standard InChI is InChI=1S/C12H26N2S/c1-13-8-5-12(6-9-13)11-14(2)7-3-4-10-15/h12,15H,3-11H2,1-2H3. The molecule has 1 fully saturated rings. The fourth-order valence-electron chi connectivity index (χ4n) is 2.27. The Morgan fingerprint density at radius 3 is 2.53 bits per heavy atom. The minimum atomic E-state index is 0.933. The zero-order chi connectivity index (χ0) is 11.1. The van der Waals surface area contributed by atoms with Crippen molar-refractivity contribution in [3.05, 3.63) is 0 Å². The van der Waals surface area contributed by atoms with E-state index in [2.05, 4.69) is 36.5 Å². The Hall–Kier alpha value is 0.270. The highest BCUT2D eigenvalue weighted by Crippen LogP contribution is 2.16. The van der Waals surface area contributed by atoms with Crippen LogP contribution in [0.15, 0.2) is 0 Å². The summed E-state index contributed by atoms with van der Waals surface area (Å²) >= 11 is 4.24.